The van der Waals surface area contributed by atoms with Gasteiger partial charge < -0.3 is 9.64 Å². The number of carbonyl (C=O) groups excluding carboxylic acids is 1. The predicted molar refractivity (Wildman–Crippen MR) is 74.3 cm³/mol. The molecule has 0 spiro atoms. The van der Waals surface area contributed by atoms with Gasteiger partial charge in [0.2, 0.25) is 0 Å². The van der Waals surface area contributed by atoms with Crippen molar-refractivity contribution in [2.45, 2.75) is 27.2 Å². The average Bonchev–Trinajstić information content (AvgIpc) is 2.43. The Labute approximate surface area is 110 Å². The minimum atomic E-state index is 0.133. The lowest BCUT2D eigenvalue weighted by Gasteiger charge is -2.18. The van der Waals surface area contributed by atoms with Gasteiger partial charge in [-0.3, -0.25) is 4.79 Å². The van der Waals surface area contributed by atoms with Gasteiger partial charge in [0.15, 0.2) is 5.78 Å². The Morgan fingerprint density at radius 2 is 1.83 bits per heavy atom. The maximum atomic E-state index is 11.8. The molecular weight excluding hydrogens is 226 g/mol. The van der Waals surface area contributed by atoms with Crippen LogP contribution in [0.3, 0.4) is 0 Å². The van der Waals surface area contributed by atoms with Crippen molar-refractivity contribution in [3.05, 3.63) is 29.8 Å². The maximum absolute atomic E-state index is 11.8. The smallest absolute Gasteiger partial charge is 0.166 e. The molecule has 1 aromatic rings. The molecule has 3 heteroatoms. The van der Waals surface area contributed by atoms with Gasteiger partial charge in [-0.05, 0) is 25.2 Å². The zero-order chi connectivity index (χ0) is 13.4. The van der Waals surface area contributed by atoms with Crippen LogP contribution in [0.25, 0.3) is 0 Å². The fourth-order valence-corrected chi connectivity index (χ4v) is 1.84. The quantitative estimate of drug-likeness (QED) is 0.663. The largest absolute Gasteiger partial charge is 0.491 e. The fourth-order valence-electron chi connectivity index (χ4n) is 1.84. The van der Waals surface area contributed by atoms with E-state index in [9.17, 15) is 4.79 Å². The molecule has 0 fully saturated rings. The standard InChI is InChI=1S/C15H23NO2/c1-4-14(17)13-9-7-8-10-15(13)18-12-11-16(5-2)6-3/h7-10H,4-6,11-12H2,1-3H3. The second kappa shape index (κ2) is 7.88. The first-order valence-corrected chi connectivity index (χ1v) is 6.70. The van der Waals surface area contributed by atoms with Crippen molar-refractivity contribution in [3.8, 4) is 5.75 Å². The lowest BCUT2D eigenvalue weighted by atomic mass is 10.1. The van der Waals surface area contributed by atoms with E-state index < -0.39 is 0 Å². The summed E-state index contributed by atoms with van der Waals surface area (Å²) in [7, 11) is 0. The van der Waals surface area contributed by atoms with E-state index in [-0.39, 0.29) is 5.78 Å². The third kappa shape index (κ3) is 4.15. The average molecular weight is 249 g/mol. The van der Waals surface area contributed by atoms with E-state index in [2.05, 4.69) is 18.7 Å². The van der Waals surface area contributed by atoms with E-state index in [4.69, 9.17) is 4.74 Å². The van der Waals surface area contributed by atoms with Gasteiger partial charge in [-0.25, -0.2) is 0 Å². The van der Waals surface area contributed by atoms with Gasteiger partial charge in [0, 0.05) is 13.0 Å². The van der Waals surface area contributed by atoms with Gasteiger partial charge in [0.05, 0.1) is 5.56 Å². The number of Topliss-reactive ketones (excluding diaryl/α,β-unsaturated/α-hetero) is 1. The number of ether oxygens (including phenoxy) is 1. The van der Waals surface area contributed by atoms with Crippen LogP contribution < -0.4 is 4.74 Å². The first kappa shape index (κ1) is 14.7. The molecule has 100 valence electrons. The number of carbonyl (C=O) groups is 1. The van der Waals surface area contributed by atoms with Gasteiger partial charge in [-0.2, -0.15) is 0 Å². The summed E-state index contributed by atoms with van der Waals surface area (Å²) < 4.78 is 5.73. The summed E-state index contributed by atoms with van der Waals surface area (Å²) in [5.74, 6) is 0.838. The summed E-state index contributed by atoms with van der Waals surface area (Å²) >= 11 is 0. The molecule has 0 aliphatic carbocycles. The van der Waals surface area contributed by atoms with Crippen LogP contribution in [-0.4, -0.2) is 36.9 Å². The molecular formula is C15H23NO2. The second-order valence-corrected chi connectivity index (χ2v) is 4.15. The van der Waals surface area contributed by atoms with Gasteiger partial charge in [-0.15, -0.1) is 0 Å². The van der Waals surface area contributed by atoms with Crippen molar-refractivity contribution in [2.75, 3.05) is 26.2 Å². The number of rotatable bonds is 8. The number of hydrogen-bond acceptors (Lipinski definition) is 3. The highest BCUT2D eigenvalue weighted by molar-refractivity contribution is 5.98. The van der Waals surface area contributed by atoms with Gasteiger partial charge in [-0.1, -0.05) is 32.9 Å². The van der Waals surface area contributed by atoms with E-state index in [0.717, 1.165) is 19.6 Å². The van der Waals surface area contributed by atoms with E-state index in [1.165, 1.54) is 0 Å². The molecule has 0 atom stereocenters. The molecule has 0 heterocycles. The predicted octanol–water partition coefficient (Wildman–Crippen LogP) is 3.00. The van der Waals surface area contributed by atoms with E-state index in [1.807, 2.05) is 31.2 Å². The molecule has 0 aliphatic heterocycles. The van der Waals surface area contributed by atoms with Crippen molar-refractivity contribution in [1.29, 1.82) is 0 Å². The van der Waals surface area contributed by atoms with Gasteiger partial charge in [0.1, 0.15) is 12.4 Å². The van der Waals surface area contributed by atoms with Crippen LogP contribution >= 0.6 is 0 Å². The normalized spacial score (nSPS) is 10.7. The Hall–Kier alpha value is -1.35. The van der Waals surface area contributed by atoms with Crippen LogP contribution in [0, 0.1) is 0 Å². The number of hydrogen-bond donors (Lipinski definition) is 0. The van der Waals surface area contributed by atoms with Crippen molar-refractivity contribution < 1.29 is 9.53 Å². The molecule has 0 saturated carbocycles. The SMILES string of the molecule is CCC(=O)c1ccccc1OCCN(CC)CC. The lowest BCUT2D eigenvalue weighted by Crippen LogP contribution is -2.28. The van der Waals surface area contributed by atoms with Crippen molar-refractivity contribution in [1.82, 2.24) is 4.90 Å². The lowest BCUT2D eigenvalue weighted by molar-refractivity contribution is 0.0983. The highest BCUT2D eigenvalue weighted by atomic mass is 16.5. The number of benzene rings is 1. The van der Waals surface area contributed by atoms with Crippen LogP contribution in [0.5, 0.6) is 5.75 Å². The third-order valence-corrected chi connectivity index (χ3v) is 3.07. The number of ketones is 1. The highest BCUT2D eigenvalue weighted by Gasteiger charge is 2.10. The van der Waals surface area contributed by atoms with Crippen LogP contribution in [0.15, 0.2) is 24.3 Å². The van der Waals surface area contributed by atoms with Crippen LogP contribution in [0.1, 0.15) is 37.6 Å². The van der Waals surface area contributed by atoms with Gasteiger partial charge in [0.25, 0.3) is 0 Å². The zero-order valence-electron chi connectivity index (χ0n) is 11.6. The molecule has 0 amide bonds. The molecule has 0 aromatic heterocycles. The Balaban J connectivity index is 2.59. The van der Waals surface area contributed by atoms with Crippen LogP contribution in [-0.2, 0) is 0 Å². The van der Waals surface area contributed by atoms with Crippen molar-refractivity contribution in [2.24, 2.45) is 0 Å². The molecule has 3 nitrogen and oxygen atoms in total. The number of para-hydroxylation sites is 1. The summed E-state index contributed by atoms with van der Waals surface area (Å²) in [5.41, 5.74) is 0.694. The number of likely N-dealkylation sites (N-methyl/N-ethyl adjacent to an activating group) is 1. The summed E-state index contributed by atoms with van der Waals surface area (Å²) in [6, 6.07) is 7.48. The minimum absolute atomic E-state index is 0.133. The first-order valence-electron chi connectivity index (χ1n) is 6.70. The van der Waals surface area contributed by atoms with E-state index in [0.29, 0.717) is 24.3 Å². The van der Waals surface area contributed by atoms with Gasteiger partial charge >= 0.3 is 0 Å². The van der Waals surface area contributed by atoms with E-state index >= 15 is 0 Å². The first-order chi connectivity index (χ1) is 8.72. The molecule has 0 saturated heterocycles. The van der Waals surface area contributed by atoms with Crippen molar-refractivity contribution in [3.63, 3.8) is 0 Å². The molecule has 1 aromatic carbocycles. The molecule has 0 aliphatic rings. The molecule has 0 N–H and O–H groups in total. The van der Waals surface area contributed by atoms with Crippen LogP contribution in [0.4, 0.5) is 0 Å². The summed E-state index contributed by atoms with van der Waals surface area (Å²) in [4.78, 5) is 14.0. The zero-order valence-corrected chi connectivity index (χ0v) is 11.6. The Morgan fingerprint density at radius 1 is 1.17 bits per heavy atom. The molecule has 0 bridgehead atoms. The molecule has 0 radical (unpaired) electrons. The second-order valence-electron chi connectivity index (χ2n) is 4.15. The fraction of sp³-hybridized carbons (Fsp3) is 0.533. The number of nitrogens with zero attached hydrogens (tertiary/aromatic N) is 1. The third-order valence-electron chi connectivity index (χ3n) is 3.07. The summed E-state index contributed by atoms with van der Waals surface area (Å²) in [5, 5.41) is 0. The highest BCUT2D eigenvalue weighted by Crippen LogP contribution is 2.19. The van der Waals surface area contributed by atoms with Crippen molar-refractivity contribution >= 4 is 5.78 Å². The topological polar surface area (TPSA) is 29.5 Å². The van der Waals surface area contributed by atoms with Crippen LogP contribution in [0.2, 0.25) is 0 Å². The minimum Gasteiger partial charge on any atom is -0.491 e. The monoisotopic (exact) mass is 249 g/mol. The Bertz CT molecular complexity index is 373. The Morgan fingerprint density at radius 3 is 2.44 bits per heavy atom. The molecule has 18 heavy (non-hydrogen) atoms. The summed E-state index contributed by atoms with van der Waals surface area (Å²) in [6.45, 7) is 9.70. The van der Waals surface area contributed by atoms with E-state index in [1.54, 1.807) is 0 Å². The molecule has 0 unspecified atom stereocenters. The maximum Gasteiger partial charge on any atom is 0.166 e. The molecule has 1 rings (SSSR count). The Kier molecular flexibility index (Phi) is 6.44. The summed E-state index contributed by atoms with van der Waals surface area (Å²) in [6.07, 6.45) is 0.510.